The zero-order valence-electron chi connectivity index (χ0n) is 11.6. The Labute approximate surface area is 137 Å². The van der Waals surface area contributed by atoms with Crippen molar-refractivity contribution >= 4 is 27.6 Å². The van der Waals surface area contributed by atoms with E-state index in [4.69, 9.17) is 11.0 Å². The molecule has 0 radical (unpaired) electrons. The number of nitriles is 1. The van der Waals surface area contributed by atoms with E-state index in [1.807, 2.05) is 0 Å². The molecule has 2 aromatic rings. The topological polar surface area (TPSA) is 81.0 Å². The summed E-state index contributed by atoms with van der Waals surface area (Å²) in [6.07, 6.45) is -3.60. The molecule has 1 aromatic heterocycles. The van der Waals surface area contributed by atoms with E-state index in [9.17, 15) is 18.0 Å². The number of hydrogen-bond donors (Lipinski definition) is 1. The van der Waals surface area contributed by atoms with E-state index < -0.39 is 17.7 Å². The van der Waals surface area contributed by atoms with Gasteiger partial charge in [-0.05, 0) is 18.2 Å². The molecule has 9 heteroatoms. The number of carbonyl (C=O) groups excluding carboxylic acids is 1. The van der Waals surface area contributed by atoms with Crippen LogP contribution in [0.15, 0.2) is 28.9 Å². The van der Waals surface area contributed by atoms with Crippen molar-refractivity contribution in [3.8, 4) is 11.8 Å². The Bertz CT molecular complexity index is 822. The van der Waals surface area contributed by atoms with Crippen LogP contribution in [0.25, 0.3) is 5.69 Å². The van der Waals surface area contributed by atoms with Crippen LogP contribution in [-0.2, 0) is 10.9 Å². The second kappa shape index (κ2) is 5.96. The van der Waals surface area contributed by atoms with E-state index in [2.05, 4.69) is 20.7 Å². The molecule has 0 aliphatic carbocycles. The van der Waals surface area contributed by atoms with Gasteiger partial charge in [0.25, 0.3) is 0 Å². The van der Waals surface area contributed by atoms with Crippen LogP contribution in [-0.4, -0.2) is 17.6 Å². The van der Waals surface area contributed by atoms with E-state index in [0.29, 0.717) is 0 Å². The van der Waals surface area contributed by atoms with E-state index >= 15 is 0 Å². The lowest BCUT2D eigenvalue weighted by atomic mass is 10.1. The third kappa shape index (κ3) is 3.03. The maximum atomic E-state index is 13.3. The molecule has 120 valence electrons. The Hall–Kier alpha value is -2.47. The molecule has 23 heavy (non-hydrogen) atoms. The van der Waals surface area contributed by atoms with Crippen LogP contribution in [0.5, 0.6) is 0 Å². The summed E-state index contributed by atoms with van der Waals surface area (Å²) in [6, 6.07) is 5.15. The predicted octanol–water partition coefficient (Wildman–Crippen LogP) is 3.50. The fraction of sp³-hybridized carbons (Fsp3) is 0.143. The highest BCUT2D eigenvalue weighted by Gasteiger charge is 2.35. The molecule has 0 bridgehead atoms. The maximum absolute atomic E-state index is 13.3. The minimum atomic E-state index is -4.67. The molecule has 1 aromatic carbocycles. The van der Waals surface area contributed by atoms with Gasteiger partial charge in [0.05, 0.1) is 29.6 Å². The van der Waals surface area contributed by atoms with Gasteiger partial charge in [-0.25, -0.2) is 4.79 Å². The molecule has 0 unspecified atom stereocenters. The highest BCUT2D eigenvalue weighted by Crippen LogP contribution is 2.37. The van der Waals surface area contributed by atoms with Crippen molar-refractivity contribution in [2.24, 2.45) is 0 Å². The van der Waals surface area contributed by atoms with Gasteiger partial charge in [-0.15, -0.1) is 0 Å². The summed E-state index contributed by atoms with van der Waals surface area (Å²) < 4.78 is 45.5. The van der Waals surface area contributed by atoms with E-state index in [-0.39, 0.29) is 27.1 Å². The first-order chi connectivity index (χ1) is 10.7. The monoisotopic (exact) mass is 387 g/mol. The van der Waals surface area contributed by atoms with Crippen LogP contribution in [0.1, 0.15) is 21.6 Å². The lowest BCUT2D eigenvalue weighted by Gasteiger charge is -2.16. The van der Waals surface area contributed by atoms with Crippen LogP contribution in [0, 0.1) is 11.3 Å². The zero-order valence-corrected chi connectivity index (χ0v) is 13.2. The number of hydrogen-bond acceptors (Lipinski definition) is 4. The first kappa shape index (κ1) is 16.9. The molecule has 2 N–H and O–H groups in total. The summed E-state index contributed by atoms with van der Waals surface area (Å²) in [5.41, 5.74) is 3.65. The van der Waals surface area contributed by atoms with Crippen LogP contribution in [0.4, 0.5) is 18.9 Å². The average Bonchev–Trinajstić information content (AvgIpc) is 2.82. The van der Waals surface area contributed by atoms with E-state index in [0.717, 1.165) is 23.9 Å². The van der Waals surface area contributed by atoms with Gasteiger partial charge >= 0.3 is 12.1 Å². The van der Waals surface area contributed by atoms with E-state index in [1.165, 1.54) is 12.1 Å². The molecule has 0 saturated heterocycles. The second-order valence-corrected chi connectivity index (χ2v) is 5.35. The van der Waals surface area contributed by atoms with Gasteiger partial charge in [-0.1, -0.05) is 15.9 Å². The largest absolute Gasteiger partial charge is 0.464 e. The molecule has 0 aliphatic heterocycles. The molecular formula is C14H9BrF3N3O2. The Morgan fingerprint density at radius 2 is 2.09 bits per heavy atom. The summed E-state index contributed by atoms with van der Waals surface area (Å²) in [6.45, 7) is 0. The number of nitrogen functional groups attached to an aromatic ring is 1. The number of nitrogens with two attached hydrogens (primary N) is 1. The number of carbonyl (C=O) groups is 1. The van der Waals surface area contributed by atoms with Crippen LogP contribution < -0.4 is 5.73 Å². The molecule has 0 saturated carbocycles. The van der Waals surface area contributed by atoms with Gasteiger partial charge in [-0.3, -0.25) is 0 Å². The molecule has 5 nitrogen and oxygen atoms in total. The number of alkyl halides is 3. The lowest BCUT2D eigenvalue weighted by Crippen LogP contribution is -2.15. The molecule has 0 fully saturated rings. The average molecular weight is 388 g/mol. The smallest absolute Gasteiger partial charge is 0.418 e. The fourth-order valence-electron chi connectivity index (χ4n) is 2.05. The molecule has 0 spiro atoms. The third-order valence-corrected chi connectivity index (χ3v) is 3.56. The molecule has 2 rings (SSSR count). The van der Waals surface area contributed by atoms with Gasteiger partial charge in [0.1, 0.15) is 6.07 Å². The normalized spacial score (nSPS) is 11.1. The van der Waals surface area contributed by atoms with Gasteiger partial charge in [0.2, 0.25) is 0 Å². The van der Waals surface area contributed by atoms with Crippen molar-refractivity contribution in [2.75, 3.05) is 12.8 Å². The van der Waals surface area contributed by atoms with Crippen molar-refractivity contribution in [1.82, 2.24) is 4.57 Å². The van der Waals surface area contributed by atoms with Crippen molar-refractivity contribution in [3.63, 3.8) is 0 Å². The SMILES string of the molecule is COC(=O)c1c(N)c(C#N)cn1-c1ccc(Br)cc1C(F)(F)F. The number of esters is 1. The van der Waals surface area contributed by atoms with Crippen molar-refractivity contribution in [1.29, 1.82) is 5.26 Å². The molecule has 0 aliphatic rings. The molecule has 1 heterocycles. The number of aromatic nitrogens is 1. The quantitative estimate of drug-likeness (QED) is 0.799. The molecular weight excluding hydrogens is 379 g/mol. The van der Waals surface area contributed by atoms with Crippen molar-refractivity contribution < 1.29 is 22.7 Å². The standard InChI is InChI=1S/C14H9BrF3N3O2/c1-23-13(22)12-11(20)7(5-19)6-21(12)10-3-2-8(15)4-9(10)14(16,17)18/h2-4,6H,20H2,1H3. The van der Waals surface area contributed by atoms with Gasteiger partial charge in [0.15, 0.2) is 5.69 Å². The Kier molecular flexibility index (Phi) is 4.38. The fourth-order valence-corrected chi connectivity index (χ4v) is 2.41. The lowest BCUT2D eigenvalue weighted by molar-refractivity contribution is -0.137. The number of rotatable bonds is 2. The summed E-state index contributed by atoms with van der Waals surface area (Å²) >= 11 is 2.98. The maximum Gasteiger partial charge on any atom is 0.418 e. The number of benzene rings is 1. The minimum absolute atomic E-state index is 0.124. The number of anilines is 1. The second-order valence-electron chi connectivity index (χ2n) is 4.44. The highest BCUT2D eigenvalue weighted by molar-refractivity contribution is 9.10. The zero-order chi connectivity index (χ0) is 17.4. The van der Waals surface area contributed by atoms with Crippen LogP contribution in [0.2, 0.25) is 0 Å². The Morgan fingerprint density at radius 1 is 1.43 bits per heavy atom. The number of ether oxygens (including phenoxy) is 1. The number of halogens is 4. The van der Waals surface area contributed by atoms with Crippen LogP contribution >= 0.6 is 15.9 Å². The highest BCUT2D eigenvalue weighted by atomic mass is 79.9. The summed E-state index contributed by atoms with van der Waals surface area (Å²) in [7, 11) is 1.07. The van der Waals surface area contributed by atoms with Gasteiger partial charge < -0.3 is 15.0 Å². The van der Waals surface area contributed by atoms with Gasteiger partial charge in [0, 0.05) is 10.7 Å². The van der Waals surface area contributed by atoms with E-state index in [1.54, 1.807) is 6.07 Å². The van der Waals surface area contributed by atoms with Crippen LogP contribution in [0.3, 0.4) is 0 Å². The number of methoxy groups -OCH3 is 1. The van der Waals surface area contributed by atoms with Crippen molar-refractivity contribution in [3.05, 3.63) is 45.7 Å². The molecule has 0 atom stereocenters. The Morgan fingerprint density at radius 3 is 2.61 bits per heavy atom. The summed E-state index contributed by atoms with van der Waals surface area (Å²) in [5, 5.41) is 9.01. The first-order valence-corrected chi connectivity index (χ1v) is 6.86. The summed E-state index contributed by atoms with van der Waals surface area (Å²) in [4.78, 5) is 11.9. The number of nitrogens with zero attached hydrogens (tertiary/aromatic N) is 2. The molecule has 0 amide bonds. The van der Waals surface area contributed by atoms with Crippen molar-refractivity contribution in [2.45, 2.75) is 6.18 Å². The first-order valence-electron chi connectivity index (χ1n) is 6.07. The summed E-state index contributed by atoms with van der Waals surface area (Å²) in [5.74, 6) is -0.944. The van der Waals surface area contributed by atoms with Gasteiger partial charge in [-0.2, -0.15) is 18.4 Å². The third-order valence-electron chi connectivity index (χ3n) is 3.07. The Balaban J connectivity index is 2.83. The predicted molar refractivity (Wildman–Crippen MR) is 78.9 cm³/mol. The minimum Gasteiger partial charge on any atom is -0.464 e.